The van der Waals surface area contributed by atoms with Crippen molar-refractivity contribution in [2.75, 3.05) is 6.54 Å². The van der Waals surface area contributed by atoms with Crippen LogP contribution in [0.2, 0.25) is 0 Å². The van der Waals surface area contributed by atoms with Crippen LogP contribution in [0, 0.1) is 13.8 Å². The summed E-state index contributed by atoms with van der Waals surface area (Å²) in [6.07, 6.45) is 0.558. The zero-order chi connectivity index (χ0) is 15.5. The Labute approximate surface area is 128 Å². The predicted molar refractivity (Wildman–Crippen MR) is 82.8 cm³/mol. The van der Waals surface area contributed by atoms with Gasteiger partial charge in [-0.3, -0.25) is 0 Å². The van der Waals surface area contributed by atoms with Crippen molar-refractivity contribution in [1.29, 1.82) is 0 Å². The van der Waals surface area contributed by atoms with E-state index in [2.05, 4.69) is 9.71 Å². The molecule has 114 valence electrons. The lowest BCUT2D eigenvalue weighted by molar-refractivity contribution is 0.281. The van der Waals surface area contributed by atoms with Crippen molar-refractivity contribution in [3.63, 3.8) is 0 Å². The van der Waals surface area contributed by atoms with Crippen LogP contribution >= 0.6 is 11.3 Å². The molecule has 5 nitrogen and oxygen atoms in total. The molecule has 0 aliphatic rings. The Morgan fingerprint density at radius 2 is 2.10 bits per heavy atom. The molecule has 2 aromatic rings. The predicted octanol–water partition coefficient (Wildman–Crippen LogP) is 1.77. The molecule has 1 aromatic heterocycles. The molecular formula is C14H18N2O3S2. The maximum atomic E-state index is 12.3. The van der Waals surface area contributed by atoms with Crippen LogP contribution in [0.3, 0.4) is 0 Å². The van der Waals surface area contributed by atoms with Crippen LogP contribution in [-0.4, -0.2) is 25.1 Å². The Balaban J connectivity index is 2.07. The second-order valence-corrected chi connectivity index (χ2v) is 7.56. The average molecular weight is 326 g/mol. The highest BCUT2D eigenvalue weighted by atomic mass is 32.2. The van der Waals surface area contributed by atoms with Crippen molar-refractivity contribution in [1.82, 2.24) is 9.71 Å². The van der Waals surface area contributed by atoms with E-state index >= 15 is 0 Å². The molecule has 0 aliphatic carbocycles. The van der Waals surface area contributed by atoms with Gasteiger partial charge in [-0.25, -0.2) is 18.1 Å². The van der Waals surface area contributed by atoms with E-state index in [4.69, 9.17) is 5.11 Å². The Bertz CT molecular complexity index is 724. The lowest BCUT2D eigenvalue weighted by Crippen LogP contribution is -2.26. The van der Waals surface area contributed by atoms with Gasteiger partial charge < -0.3 is 5.11 Å². The van der Waals surface area contributed by atoms with E-state index in [0.717, 1.165) is 10.7 Å². The van der Waals surface area contributed by atoms with Crippen molar-refractivity contribution in [2.24, 2.45) is 0 Å². The highest BCUT2D eigenvalue weighted by Crippen LogP contribution is 2.17. The number of aromatic nitrogens is 1. The number of hydrogen-bond donors (Lipinski definition) is 2. The first-order chi connectivity index (χ1) is 9.92. The molecule has 0 aliphatic heterocycles. The zero-order valence-electron chi connectivity index (χ0n) is 12.0. The fourth-order valence-electron chi connectivity index (χ4n) is 1.95. The molecule has 1 heterocycles. The van der Waals surface area contributed by atoms with Crippen molar-refractivity contribution in [3.05, 3.63) is 45.4 Å². The lowest BCUT2D eigenvalue weighted by Gasteiger charge is -2.10. The average Bonchev–Trinajstić information content (AvgIpc) is 2.84. The summed E-state index contributed by atoms with van der Waals surface area (Å²) >= 11 is 1.55. The van der Waals surface area contributed by atoms with E-state index in [-0.39, 0.29) is 11.5 Å². The lowest BCUT2D eigenvalue weighted by atomic mass is 10.2. The minimum atomic E-state index is -3.57. The number of aliphatic hydroxyl groups excluding tert-OH is 1. The summed E-state index contributed by atoms with van der Waals surface area (Å²) in [6.45, 7) is 3.77. The zero-order valence-corrected chi connectivity index (χ0v) is 13.6. The highest BCUT2D eigenvalue weighted by molar-refractivity contribution is 7.89. The molecule has 1 aromatic carbocycles. The molecule has 0 atom stereocenters. The van der Waals surface area contributed by atoms with Crippen molar-refractivity contribution < 1.29 is 13.5 Å². The third kappa shape index (κ3) is 4.10. The number of nitrogens with one attached hydrogen (secondary N) is 1. The van der Waals surface area contributed by atoms with Crippen molar-refractivity contribution in [3.8, 4) is 0 Å². The standard InChI is InChI=1S/C14H18N2O3S2/c1-10-3-4-12(8-17)7-14(10)21(18,19)15-6-5-13-9-20-11(2)16-13/h3-4,7,9,15,17H,5-6,8H2,1-2H3. The molecule has 2 N–H and O–H groups in total. The van der Waals surface area contributed by atoms with Crippen LogP contribution in [0.5, 0.6) is 0 Å². The number of thiazole rings is 1. The molecule has 21 heavy (non-hydrogen) atoms. The van der Waals surface area contributed by atoms with E-state index in [1.165, 1.54) is 6.07 Å². The van der Waals surface area contributed by atoms with Crippen LogP contribution in [-0.2, 0) is 23.1 Å². The molecule has 7 heteroatoms. The molecule has 0 saturated heterocycles. The normalized spacial score (nSPS) is 11.8. The van der Waals surface area contributed by atoms with Gasteiger partial charge in [0.1, 0.15) is 0 Å². The smallest absolute Gasteiger partial charge is 0.240 e. The van der Waals surface area contributed by atoms with Gasteiger partial charge >= 0.3 is 0 Å². The largest absolute Gasteiger partial charge is 0.392 e. The first-order valence-electron chi connectivity index (χ1n) is 6.53. The number of nitrogens with zero attached hydrogens (tertiary/aromatic N) is 1. The third-order valence-corrected chi connectivity index (χ3v) is 5.49. The summed E-state index contributed by atoms with van der Waals surface area (Å²) in [4.78, 5) is 4.51. The third-order valence-electron chi connectivity index (χ3n) is 3.06. The van der Waals surface area contributed by atoms with Gasteiger partial charge in [0.25, 0.3) is 0 Å². The van der Waals surface area contributed by atoms with Gasteiger partial charge in [0.2, 0.25) is 10.0 Å². The Morgan fingerprint density at radius 3 is 2.71 bits per heavy atom. The molecule has 0 radical (unpaired) electrons. The Kier molecular flexibility index (Phi) is 5.10. The number of aryl methyl sites for hydroxylation is 2. The van der Waals surface area contributed by atoms with E-state index in [1.807, 2.05) is 12.3 Å². The molecule has 2 rings (SSSR count). The summed E-state index contributed by atoms with van der Waals surface area (Å²) in [5, 5.41) is 12.0. The number of benzene rings is 1. The van der Waals surface area contributed by atoms with Crippen LogP contribution < -0.4 is 4.72 Å². The minimum absolute atomic E-state index is 0.180. The highest BCUT2D eigenvalue weighted by Gasteiger charge is 2.17. The van der Waals surface area contributed by atoms with Gasteiger partial charge in [0, 0.05) is 18.3 Å². The second-order valence-electron chi connectivity index (χ2n) is 4.76. The first kappa shape index (κ1) is 16.1. The molecule has 0 fully saturated rings. The second kappa shape index (κ2) is 6.65. The summed E-state index contributed by atoms with van der Waals surface area (Å²) in [5.74, 6) is 0. The molecule has 0 saturated carbocycles. The Morgan fingerprint density at radius 1 is 1.33 bits per heavy atom. The topological polar surface area (TPSA) is 79.3 Å². The number of hydrogen-bond acceptors (Lipinski definition) is 5. The van der Waals surface area contributed by atoms with Crippen molar-refractivity contribution >= 4 is 21.4 Å². The van der Waals surface area contributed by atoms with E-state index < -0.39 is 10.0 Å². The minimum Gasteiger partial charge on any atom is -0.392 e. The number of sulfonamides is 1. The van der Waals surface area contributed by atoms with Crippen LogP contribution in [0.4, 0.5) is 0 Å². The van der Waals surface area contributed by atoms with E-state index in [1.54, 1.807) is 30.4 Å². The molecular weight excluding hydrogens is 308 g/mol. The summed E-state index contributed by atoms with van der Waals surface area (Å²) < 4.78 is 27.2. The summed E-state index contributed by atoms with van der Waals surface area (Å²) in [7, 11) is -3.57. The van der Waals surface area contributed by atoms with E-state index in [0.29, 0.717) is 24.1 Å². The monoisotopic (exact) mass is 326 g/mol. The quantitative estimate of drug-likeness (QED) is 0.848. The molecule has 0 unspecified atom stereocenters. The fourth-order valence-corrected chi connectivity index (χ4v) is 3.92. The molecule has 0 bridgehead atoms. The van der Waals surface area contributed by atoms with Crippen LogP contribution in [0.15, 0.2) is 28.5 Å². The SMILES string of the molecule is Cc1nc(CCNS(=O)(=O)c2cc(CO)ccc2C)cs1. The van der Waals surface area contributed by atoms with E-state index in [9.17, 15) is 8.42 Å². The van der Waals surface area contributed by atoms with Gasteiger partial charge in [-0.15, -0.1) is 11.3 Å². The number of rotatable bonds is 6. The fraction of sp³-hybridized carbons (Fsp3) is 0.357. The van der Waals surface area contributed by atoms with Gasteiger partial charge in [0.05, 0.1) is 22.2 Å². The summed E-state index contributed by atoms with van der Waals surface area (Å²) in [6, 6.07) is 4.92. The maximum Gasteiger partial charge on any atom is 0.240 e. The van der Waals surface area contributed by atoms with Gasteiger partial charge in [0.15, 0.2) is 0 Å². The van der Waals surface area contributed by atoms with Gasteiger partial charge in [-0.2, -0.15) is 0 Å². The summed E-state index contributed by atoms with van der Waals surface area (Å²) in [5.41, 5.74) is 2.13. The maximum absolute atomic E-state index is 12.3. The number of aliphatic hydroxyl groups is 1. The van der Waals surface area contributed by atoms with Gasteiger partial charge in [-0.1, -0.05) is 12.1 Å². The van der Waals surface area contributed by atoms with Crippen molar-refractivity contribution in [2.45, 2.75) is 31.8 Å². The van der Waals surface area contributed by atoms with Gasteiger partial charge in [-0.05, 0) is 31.0 Å². The first-order valence-corrected chi connectivity index (χ1v) is 8.90. The Hall–Kier alpha value is -1.28. The van der Waals surface area contributed by atoms with Crippen LogP contribution in [0.1, 0.15) is 21.8 Å². The van der Waals surface area contributed by atoms with Crippen LogP contribution in [0.25, 0.3) is 0 Å². The molecule has 0 spiro atoms. The molecule has 0 amide bonds.